The van der Waals surface area contributed by atoms with Gasteiger partial charge in [-0.1, -0.05) is 13.8 Å². The number of hydrogen-bond acceptors (Lipinski definition) is 4. The van der Waals surface area contributed by atoms with Crippen LogP contribution in [0.1, 0.15) is 33.4 Å². The van der Waals surface area contributed by atoms with Crippen LogP contribution < -0.4 is 10.2 Å². The Labute approximate surface area is 130 Å². The summed E-state index contributed by atoms with van der Waals surface area (Å²) in [6.07, 6.45) is 1.92. The van der Waals surface area contributed by atoms with Crippen LogP contribution in [-0.2, 0) is 6.54 Å². The zero-order chi connectivity index (χ0) is 15.8. The van der Waals surface area contributed by atoms with Crippen molar-refractivity contribution in [3.05, 3.63) is 24.0 Å². The molecule has 1 unspecified atom stereocenters. The summed E-state index contributed by atoms with van der Waals surface area (Å²) in [5.74, 6) is 0.667. The number of pyridine rings is 1. The molecule has 1 aromatic heterocycles. The average molecular weight is 292 g/mol. The van der Waals surface area contributed by atoms with Crippen LogP contribution in [0.3, 0.4) is 0 Å². The second kappa shape index (κ2) is 9.00. The fourth-order valence-electron chi connectivity index (χ4n) is 2.61. The Hall–Kier alpha value is -1.13. The van der Waals surface area contributed by atoms with Crippen molar-refractivity contribution in [1.82, 2.24) is 15.2 Å². The summed E-state index contributed by atoms with van der Waals surface area (Å²) in [7, 11) is 4.25. The minimum absolute atomic E-state index is 0.490. The van der Waals surface area contributed by atoms with Gasteiger partial charge in [0.1, 0.15) is 0 Å². The number of hydrogen-bond donors (Lipinski definition) is 1. The largest absolute Gasteiger partial charge is 0.368 e. The molecule has 0 bridgehead atoms. The zero-order valence-corrected chi connectivity index (χ0v) is 14.6. The molecule has 0 aliphatic heterocycles. The van der Waals surface area contributed by atoms with Crippen molar-refractivity contribution in [3.63, 3.8) is 0 Å². The van der Waals surface area contributed by atoms with E-state index in [4.69, 9.17) is 0 Å². The van der Waals surface area contributed by atoms with Gasteiger partial charge < -0.3 is 15.1 Å². The molecular weight excluding hydrogens is 260 g/mol. The summed E-state index contributed by atoms with van der Waals surface area (Å²) in [4.78, 5) is 9.15. The van der Waals surface area contributed by atoms with Crippen LogP contribution in [0, 0.1) is 5.92 Å². The third kappa shape index (κ3) is 6.44. The average Bonchev–Trinajstić information content (AvgIpc) is 2.38. The Bertz CT molecular complexity index is 404. The summed E-state index contributed by atoms with van der Waals surface area (Å²) in [6, 6.07) is 4.81. The molecule has 21 heavy (non-hydrogen) atoms. The lowest BCUT2D eigenvalue weighted by Gasteiger charge is -2.32. The molecule has 0 radical (unpaired) electrons. The fraction of sp³-hybridized carbons (Fsp3) is 0.706. The first-order valence-electron chi connectivity index (χ1n) is 8.01. The van der Waals surface area contributed by atoms with Gasteiger partial charge in [-0.3, -0.25) is 4.98 Å². The Morgan fingerprint density at radius 3 is 2.52 bits per heavy atom. The Balaban J connectivity index is 2.71. The van der Waals surface area contributed by atoms with Crippen molar-refractivity contribution in [2.45, 2.75) is 40.3 Å². The molecule has 0 amide bonds. The first-order valence-corrected chi connectivity index (χ1v) is 8.01. The van der Waals surface area contributed by atoms with Crippen molar-refractivity contribution >= 4 is 5.69 Å². The highest BCUT2D eigenvalue weighted by atomic mass is 15.2. The van der Waals surface area contributed by atoms with Crippen molar-refractivity contribution in [2.75, 3.05) is 38.6 Å². The van der Waals surface area contributed by atoms with Gasteiger partial charge in [-0.25, -0.2) is 0 Å². The molecule has 0 aromatic carbocycles. The van der Waals surface area contributed by atoms with E-state index in [0.29, 0.717) is 12.0 Å². The predicted octanol–water partition coefficient (Wildman–Crippen LogP) is 2.60. The van der Waals surface area contributed by atoms with E-state index in [-0.39, 0.29) is 0 Å². The third-order valence-corrected chi connectivity index (χ3v) is 3.49. The molecule has 120 valence electrons. The maximum Gasteiger partial charge on any atom is 0.0562 e. The van der Waals surface area contributed by atoms with Crippen molar-refractivity contribution < 1.29 is 0 Å². The van der Waals surface area contributed by atoms with Crippen LogP contribution in [0.2, 0.25) is 0 Å². The van der Waals surface area contributed by atoms with Gasteiger partial charge in [0.15, 0.2) is 0 Å². The lowest BCUT2D eigenvalue weighted by molar-refractivity contribution is 0.373. The number of likely N-dealkylation sites (N-methyl/N-ethyl adjacent to an activating group) is 2. The van der Waals surface area contributed by atoms with E-state index in [9.17, 15) is 0 Å². The van der Waals surface area contributed by atoms with Crippen LogP contribution in [-0.4, -0.2) is 49.7 Å². The molecule has 0 saturated carbocycles. The second-order valence-electron chi connectivity index (χ2n) is 6.43. The summed E-state index contributed by atoms with van der Waals surface area (Å²) in [5, 5.41) is 3.46. The number of anilines is 1. The van der Waals surface area contributed by atoms with E-state index >= 15 is 0 Å². The number of rotatable bonds is 9. The highest BCUT2D eigenvalue weighted by molar-refractivity contribution is 5.47. The maximum atomic E-state index is 4.47. The molecule has 0 aliphatic carbocycles. The monoisotopic (exact) mass is 292 g/mol. The molecule has 1 aromatic rings. The van der Waals surface area contributed by atoms with Gasteiger partial charge in [0.2, 0.25) is 0 Å². The lowest BCUT2D eigenvalue weighted by Crippen LogP contribution is -2.40. The van der Waals surface area contributed by atoms with Crippen molar-refractivity contribution in [3.8, 4) is 0 Å². The van der Waals surface area contributed by atoms with Crippen LogP contribution in [0.15, 0.2) is 18.3 Å². The van der Waals surface area contributed by atoms with Crippen molar-refractivity contribution in [1.29, 1.82) is 0 Å². The van der Waals surface area contributed by atoms with Gasteiger partial charge in [0.05, 0.1) is 5.69 Å². The molecular formula is C17H32N4. The minimum atomic E-state index is 0.490. The highest BCUT2D eigenvalue weighted by Gasteiger charge is 2.14. The summed E-state index contributed by atoms with van der Waals surface area (Å²) in [5.41, 5.74) is 2.38. The Morgan fingerprint density at radius 2 is 1.95 bits per heavy atom. The second-order valence-corrected chi connectivity index (χ2v) is 6.43. The molecule has 0 saturated heterocycles. The molecule has 1 heterocycles. The van der Waals surface area contributed by atoms with Crippen LogP contribution in [0.4, 0.5) is 5.69 Å². The number of aromatic nitrogens is 1. The SMILES string of the molecule is CCN(c1ccnc(CNCC(C)C)c1)C(C)CN(C)C. The Kier molecular flexibility index (Phi) is 7.68. The fourth-order valence-corrected chi connectivity index (χ4v) is 2.61. The first-order chi connectivity index (χ1) is 9.93. The molecule has 0 spiro atoms. The number of nitrogens with one attached hydrogen (secondary N) is 1. The molecule has 1 rings (SSSR count). The number of nitrogens with zero attached hydrogens (tertiary/aromatic N) is 3. The molecule has 4 nitrogen and oxygen atoms in total. The molecule has 0 fully saturated rings. The highest BCUT2D eigenvalue weighted by Crippen LogP contribution is 2.17. The Morgan fingerprint density at radius 1 is 1.24 bits per heavy atom. The predicted molar refractivity (Wildman–Crippen MR) is 91.8 cm³/mol. The van der Waals surface area contributed by atoms with Gasteiger partial charge in [0.25, 0.3) is 0 Å². The third-order valence-electron chi connectivity index (χ3n) is 3.49. The van der Waals surface area contributed by atoms with Gasteiger partial charge >= 0.3 is 0 Å². The van der Waals surface area contributed by atoms with Crippen LogP contribution >= 0.6 is 0 Å². The molecule has 0 aliphatic rings. The molecule has 4 heteroatoms. The smallest absolute Gasteiger partial charge is 0.0562 e. The van der Waals surface area contributed by atoms with Gasteiger partial charge in [-0.05, 0) is 52.5 Å². The van der Waals surface area contributed by atoms with E-state index in [1.165, 1.54) is 5.69 Å². The first kappa shape index (κ1) is 17.9. The van der Waals surface area contributed by atoms with E-state index in [1.54, 1.807) is 0 Å². The zero-order valence-electron chi connectivity index (χ0n) is 14.6. The molecule has 1 N–H and O–H groups in total. The normalized spacial score (nSPS) is 13.0. The summed E-state index contributed by atoms with van der Waals surface area (Å²) in [6.45, 7) is 12.9. The van der Waals surface area contributed by atoms with E-state index in [2.05, 4.69) is 74.0 Å². The van der Waals surface area contributed by atoms with E-state index < -0.39 is 0 Å². The molecule has 1 atom stereocenters. The lowest BCUT2D eigenvalue weighted by atomic mass is 10.2. The van der Waals surface area contributed by atoms with E-state index in [0.717, 1.165) is 31.9 Å². The van der Waals surface area contributed by atoms with Gasteiger partial charge in [-0.15, -0.1) is 0 Å². The van der Waals surface area contributed by atoms with Crippen LogP contribution in [0.25, 0.3) is 0 Å². The standard InChI is InChI=1S/C17H32N4/c1-7-21(15(4)13-20(5)6)17-8-9-19-16(10-17)12-18-11-14(2)3/h8-10,14-15,18H,7,11-13H2,1-6H3. The maximum absolute atomic E-state index is 4.47. The van der Waals surface area contributed by atoms with Crippen LogP contribution in [0.5, 0.6) is 0 Å². The summed E-state index contributed by atoms with van der Waals surface area (Å²) >= 11 is 0. The topological polar surface area (TPSA) is 31.4 Å². The van der Waals surface area contributed by atoms with Gasteiger partial charge in [0, 0.05) is 37.6 Å². The van der Waals surface area contributed by atoms with E-state index in [1.807, 2.05) is 6.20 Å². The summed E-state index contributed by atoms with van der Waals surface area (Å²) < 4.78 is 0. The minimum Gasteiger partial charge on any atom is -0.368 e. The van der Waals surface area contributed by atoms with Crippen molar-refractivity contribution in [2.24, 2.45) is 5.92 Å². The van der Waals surface area contributed by atoms with Gasteiger partial charge in [-0.2, -0.15) is 0 Å². The quantitative estimate of drug-likeness (QED) is 0.758.